The van der Waals surface area contributed by atoms with Gasteiger partial charge in [-0.15, -0.1) is 0 Å². The summed E-state index contributed by atoms with van der Waals surface area (Å²) in [6.45, 7) is 2.39. The molecule has 2 aliphatic heterocycles. The summed E-state index contributed by atoms with van der Waals surface area (Å²) in [4.78, 5) is 32.7. The molecule has 29 heavy (non-hydrogen) atoms. The average Bonchev–Trinajstić information content (AvgIpc) is 3.38. The number of aromatic amines is 1. The van der Waals surface area contributed by atoms with Crippen LogP contribution in [0.3, 0.4) is 0 Å². The molecule has 5 rings (SSSR count). The van der Waals surface area contributed by atoms with E-state index in [-0.39, 0.29) is 17.9 Å². The molecule has 0 spiro atoms. The number of anilines is 1. The molecule has 1 aromatic carbocycles. The van der Waals surface area contributed by atoms with Crippen LogP contribution in [0.2, 0.25) is 0 Å². The van der Waals surface area contributed by atoms with Gasteiger partial charge >= 0.3 is 0 Å². The second-order valence-corrected chi connectivity index (χ2v) is 8.08. The summed E-state index contributed by atoms with van der Waals surface area (Å²) in [6.07, 6.45) is 4.77. The zero-order valence-electron chi connectivity index (χ0n) is 16.6. The number of likely N-dealkylation sites (N-methyl/N-ethyl adjacent to an activating group) is 1. The first-order valence-corrected chi connectivity index (χ1v) is 9.90. The molecule has 2 aromatic heterocycles. The van der Waals surface area contributed by atoms with Gasteiger partial charge in [-0.25, -0.2) is 0 Å². The second-order valence-electron chi connectivity index (χ2n) is 8.08. The maximum absolute atomic E-state index is 12.9. The highest BCUT2D eigenvalue weighted by Crippen LogP contribution is 2.28. The molecule has 4 heterocycles. The van der Waals surface area contributed by atoms with E-state index in [4.69, 9.17) is 0 Å². The Balaban J connectivity index is 1.34. The van der Waals surface area contributed by atoms with Crippen molar-refractivity contribution < 1.29 is 9.59 Å². The zero-order valence-corrected chi connectivity index (χ0v) is 16.6. The maximum atomic E-state index is 12.9. The third-order valence-electron chi connectivity index (χ3n) is 5.89. The van der Waals surface area contributed by atoms with Crippen LogP contribution in [0.4, 0.5) is 5.69 Å². The Morgan fingerprint density at radius 1 is 1.31 bits per heavy atom. The molecule has 1 unspecified atom stereocenters. The van der Waals surface area contributed by atoms with E-state index in [0.717, 1.165) is 36.1 Å². The largest absolute Gasteiger partial charge is 0.358 e. The van der Waals surface area contributed by atoms with Crippen molar-refractivity contribution in [1.29, 1.82) is 0 Å². The van der Waals surface area contributed by atoms with E-state index in [1.165, 1.54) is 11.3 Å². The van der Waals surface area contributed by atoms with Crippen LogP contribution in [-0.2, 0) is 24.8 Å². The van der Waals surface area contributed by atoms with E-state index >= 15 is 0 Å². The fraction of sp³-hybridized carbons (Fsp3) is 0.381. The van der Waals surface area contributed by atoms with E-state index in [0.29, 0.717) is 18.5 Å². The fourth-order valence-electron chi connectivity index (χ4n) is 4.36. The van der Waals surface area contributed by atoms with E-state index in [2.05, 4.69) is 27.3 Å². The van der Waals surface area contributed by atoms with Gasteiger partial charge < -0.3 is 20.1 Å². The molecule has 2 aliphatic rings. The topological polar surface area (TPSA) is 86.3 Å². The Morgan fingerprint density at radius 3 is 2.97 bits per heavy atom. The predicted octanol–water partition coefficient (Wildman–Crippen LogP) is 1.42. The molecule has 3 aromatic rings. The lowest BCUT2D eigenvalue weighted by atomic mass is 10.0. The number of aryl methyl sites for hydroxylation is 1. The Morgan fingerprint density at radius 2 is 2.17 bits per heavy atom. The lowest BCUT2D eigenvalue weighted by Crippen LogP contribution is -2.37. The lowest BCUT2D eigenvalue weighted by Gasteiger charge is -2.22. The summed E-state index contributed by atoms with van der Waals surface area (Å²) in [6, 6.07) is 5.58. The molecule has 0 bridgehead atoms. The van der Waals surface area contributed by atoms with E-state index in [9.17, 15) is 9.59 Å². The van der Waals surface area contributed by atoms with Gasteiger partial charge in [0, 0.05) is 67.9 Å². The van der Waals surface area contributed by atoms with Crippen molar-refractivity contribution in [2.75, 3.05) is 25.0 Å². The Bertz CT molecular complexity index is 1110. The van der Waals surface area contributed by atoms with Gasteiger partial charge in [-0.05, 0) is 30.8 Å². The summed E-state index contributed by atoms with van der Waals surface area (Å²) in [5.74, 6) is -0.140. The smallest absolute Gasteiger partial charge is 0.251 e. The number of carbonyl (C=O) groups is 2. The van der Waals surface area contributed by atoms with Crippen LogP contribution >= 0.6 is 0 Å². The minimum absolute atomic E-state index is 0.00138. The Kier molecular flexibility index (Phi) is 4.16. The summed E-state index contributed by atoms with van der Waals surface area (Å²) >= 11 is 0. The van der Waals surface area contributed by atoms with Gasteiger partial charge in [-0.2, -0.15) is 5.10 Å². The molecule has 8 nitrogen and oxygen atoms in total. The number of H-pyrrole nitrogens is 1. The van der Waals surface area contributed by atoms with Crippen molar-refractivity contribution in [2.24, 2.45) is 7.05 Å². The molecular formula is C21H24N6O2. The molecule has 2 amide bonds. The number of hydrogen-bond acceptors (Lipinski definition) is 4. The summed E-state index contributed by atoms with van der Waals surface area (Å²) in [7, 11) is 3.93. The number of rotatable bonds is 3. The highest BCUT2D eigenvalue weighted by Gasteiger charge is 2.32. The predicted molar refractivity (Wildman–Crippen MR) is 110 cm³/mol. The molecule has 1 fully saturated rings. The van der Waals surface area contributed by atoms with Crippen LogP contribution < -0.4 is 10.2 Å². The van der Waals surface area contributed by atoms with Crippen LogP contribution in [-0.4, -0.2) is 57.7 Å². The first kappa shape index (κ1) is 17.9. The van der Waals surface area contributed by atoms with Crippen LogP contribution in [0.5, 0.6) is 0 Å². The quantitative estimate of drug-likeness (QED) is 0.706. The average molecular weight is 392 g/mol. The third kappa shape index (κ3) is 3.19. The zero-order chi connectivity index (χ0) is 20.1. The summed E-state index contributed by atoms with van der Waals surface area (Å²) < 4.78 is 1.67. The van der Waals surface area contributed by atoms with Crippen LogP contribution in [0, 0.1) is 0 Å². The van der Waals surface area contributed by atoms with Crippen molar-refractivity contribution in [3.05, 3.63) is 47.4 Å². The van der Waals surface area contributed by atoms with Crippen molar-refractivity contribution in [2.45, 2.75) is 25.4 Å². The van der Waals surface area contributed by atoms with Crippen molar-refractivity contribution in [3.63, 3.8) is 0 Å². The minimum Gasteiger partial charge on any atom is -0.358 e. The number of carbonyl (C=O) groups excluding carboxylic acids is 2. The first-order valence-electron chi connectivity index (χ1n) is 9.90. The Hall–Kier alpha value is -3.13. The number of benzene rings is 1. The molecule has 2 N–H and O–H groups in total. The van der Waals surface area contributed by atoms with Gasteiger partial charge in [0.2, 0.25) is 5.91 Å². The molecule has 0 saturated carbocycles. The normalized spacial score (nSPS) is 19.7. The van der Waals surface area contributed by atoms with Crippen LogP contribution in [0.25, 0.3) is 10.9 Å². The van der Waals surface area contributed by atoms with E-state index < -0.39 is 0 Å². The molecule has 0 radical (unpaired) electrons. The molecule has 8 heteroatoms. The van der Waals surface area contributed by atoms with Gasteiger partial charge in [-0.3, -0.25) is 14.3 Å². The molecule has 0 aliphatic carbocycles. The number of nitrogens with zero attached hydrogens (tertiary/aromatic N) is 4. The highest BCUT2D eigenvalue weighted by molar-refractivity contribution is 6.01. The monoisotopic (exact) mass is 392 g/mol. The van der Waals surface area contributed by atoms with E-state index in [1.807, 2.05) is 31.4 Å². The van der Waals surface area contributed by atoms with Crippen molar-refractivity contribution in [3.8, 4) is 0 Å². The molecule has 150 valence electrons. The molecular weight excluding hydrogens is 368 g/mol. The fourth-order valence-corrected chi connectivity index (χ4v) is 4.36. The number of aromatic nitrogens is 3. The molecule has 1 saturated heterocycles. The maximum Gasteiger partial charge on any atom is 0.251 e. The SMILES string of the molecule is CN1CCc2[nH]c3ccc(C(=O)NC4CC(=O)N(c5cnn(C)c5)C4)cc3c2C1. The number of nitrogens with one attached hydrogen (secondary N) is 2. The molecule has 1 atom stereocenters. The number of fused-ring (bicyclic) bond motifs is 3. The van der Waals surface area contributed by atoms with Crippen LogP contribution in [0.1, 0.15) is 28.0 Å². The summed E-state index contributed by atoms with van der Waals surface area (Å²) in [5.41, 5.74) is 5.01. The number of hydrogen-bond donors (Lipinski definition) is 2. The van der Waals surface area contributed by atoms with Gasteiger partial charge in [0.15, 0.2) is 0 Å². The van der Waals surface area contributed by atoms with Gasteiger partial charge in [0.05, 0.1) is 17.9 Å². The standard InChI is InChI=1S/C21H24N6O2/c1-25-6-5-19-17(12-25)16-7-13(3-4-18(16)24-19)21(29)23-14-8-20(28)27(10-14)15-9-22-26(2)11-15/h3-4,7,9,11,14,24H,5-6,8,10,12H2,1-2H3,(H,23,29). The van der Waals surface area contributed by atoms with Crippen molar-refractivity contribution >= 4 is 28.4 Å². The summed E-state index contributed by atoms with van der Waals surface area (Å²) in [5, 5.41) is 8.26. The third-order valence-corrected chi connectivity index (χ3v) is 5.89. The highest BCUT2D eigenvalue weighted by atomic mass is 16.2. The lowest BCUT2D eigenvalue weighted by molar-refractivity contribution is -0.117. The first-order chi connectivity index (χ1) is 14.0. The van der Waals surface area contributed by atoms with E-state index in [1.54, 1.807) is 15.8 Å². The van der Waals surface area contributed by atoms with Gasteiger partial charge in [0.25, 0.3) is 5.91 Å². The van der Waals surface area contributed by atoms with Gasteiger partial charge in [-0.1, -0.05) is 0 Å². The number of amides is 2. The van der Waals surface area contributed by atoms with Gasteiger partial charge in [0.1, 0.15) is 0 Å². The van der Waals surface area contributed by atoms with Crippen molar-refractivity contribution in [1.82, 2.24) is 25.0 Å². The minimum atomic E-state index is -0.211. The second kappa shape index (κ2) is 6.73. The van der Waals surface area contributed by atoms with Crippen LogP contribution in [0.15, 0.2) is 30.6 Å². The Labute approximate surface area is 168 Å².